The second kappa shape index (κ2) is 7.30. The first kappa shape index (κ1) is 16.3. The molecule has 3 N–H and O–H groups in total. The summed E-state index contributed by atoms with van der Waals surface area (Å²) in [5.41, 5.74) is 0.310. The molecule has 0 heterocycles. The van der Waals surface area contributed by atoms with Crippen molar-refractivity contribution in [2.45, 2.75) is 58.4 Å². The van der Waals surface area contributed by atoms with Gasteiger partial charge in [-0.3, -0.25) is 0 Å². The van der Waals surface area contributed by atoms with Gasteiger partial charge >= 0.3 is 6.03 Å². The van der Waals surface area contributed by atoms with Gasteiger partial charge in [-0.1, -0.05) is 38.8 Å². The van der Waals surface area contributed by atoms with Crippen LogP contribution in [0.2, 0.25) is 0 Å². The Morgan fingerprint density at radius 3 is 2.62 bits per heavy atom. The van der Waals surface area contributed by atoms with Gasteiger partial charge in [0.05, 0.1) is 0 Å². The largest absolute Gasteiger partial charge is 0.396 e. The van der Waals surface area contributed by atoms with Crippen LogP contribution in [0.5, 0.6) is 0 Å². The van der Waals surface area contributed by atoms with Gasteiger partial charge in [0, 0.05) is 25.1 Å². The predicted molar refractivity (Wildman–Crippen MR) is 85.0 cm³/mol. The summed E-state index contributed by atoms with van der Waals surface area (Å²) in [4.78, 5) is 12.1. The molecule has 0 radical (unpaired) electrons. The van der Waals surface area contributed by atoms with Crippen molar-refractivity contribution < 1.29 is 9.90 Å². The van der Waals surface area contributed by atoms with Gasteiger partial charge in [0.2, 0.25) is 0 Å². The van der Waals surface area contributed by atoms with Crippen LogP contribution in [-0.2, 0) is 0 Å². The highest BCUT2D eigenvalue weighted by atomic mass is 16.3. The normalized spacial score (nSPS) is 27.2. The minimum absolute atomic E-state index is 0.0618. The zero-order valence-electron chi connectivity index (χ0n) is 13.4. The van der Waals surface area contributed by atoms with Crippen molar-refractivity contribution in [3.8, 4) is 0 Å². The van der Waals surface area contributed by atoms with Crippen LogP contribution in [0.15, 0.2) is 12.2 Å². The Bertz CT molecular complexity index is 373. The Balaban J connectivity index is 1.76. The maximum Gasteiger partial charge on any atom is 0.315 e. The highest BCUT2D eigenvalue weighted by Crippen LogP contribution is 2.42. The van der Waals surface area contributed by atoms with Crippen LogP contribution < -0.4 is 10.6 Å². The van der Waals surface area contributed by atoms with Gasteiger partial charge in [-0.25, -0.2) is 4.79 Å². The smallest absolute Gasteiger partial charge is 0.315 e. The summed E-state index contributed by atoms with van der Waals surface area (Å²) in [6, 6.07) is -0.00922. The van der Waals surface area contributed by atoms with E-state index < -0.39 is 0 Å². The molecule has 0 saturated heterocycles. The lowest BCUT2D eigenvalue weighted by Gasteiger charge is -2.31. The average molecular weight is 294 g/mol. The molecule has 1 saturated carbocycles. The third-order valence-corrected chi connectivity index (χ3v) is 4.85. The van der Waals surface area contributed by atoms with E-state index in [-0.39, 0.29) is 24.6 Å². The van der Waals surface area contributed by atoms with Crippen LogP contribution in [0, 0.1) is 17.3 Å². The molecule has 21 heavy (non-hydrogen) atoms. The van der Waals surface area contributed by atoms with Gasteiger partial charge in [-0.05, 0) is 37.0 Å². The number of hydrogen-bond acceptors (Lipinski definition) is 2. The number of amides is 2. The lowest BCUT2D eigenvalue weighted by atomic mass is 9.78. The van der Waals surface area contributed by atoms with E-state index in [1.165, 1.54) is 32.1 Å². The fraction of sp³-hybridized carbons (Fsp3) is 0.824. The van der Waals surface area contributed by atoms with Crippen molar-refractivity contribution in [2.24, 2.45) is 17.3 Å². The molecule has 2 atom stereocenters. The molecule has 120 valence electrons. The monoisotopic (exact) mass is 294 g/mol. The van der Waals surface area contributed by atoms with Crippen LogP contribution in [-0.4, -0.2) is 30.3 Å². The fourth-order valence-electron chi connectivity index (χ4n) is 3.95. The lowest BCUT2D eigenvalue weighted by Crippen LogP contribution is -2.45. The molecule has 4 nitrogen and oxygen atoms in total. The van der Waals surface area contributed by atoms with Crippen LogP contribution >= 0.6 is 0 Å². The molecule has 0 aromatic rings. The number of rotatable bonds is 6. The number of carbonyl (C=O) groups is 1. The molecular formula is C17H30N2O2. The number of aliphatic hydroxyl groups excluding tert-OH is 1. The Morgan fingerprint density at radius 1 is 1.33 bits per heavy atom. The molecule has 0 aromatic carbocycles. The van der Waals surface area contributed by atoms with Gasteiger partial charge in [0.25, 0.3) is 0 Å². The maximum absolute atomic E-state index is 12.1. The first-order valence-electron chi connectivity index (χ1n) is 8.36. The quantitative estimate of drug-likeness (QED) is 0.660. The SMILES string of the molecule is CC(C)CC1(CNC(=O)N[C@@H]2C=C[C@H](CO)C2)CCCC1. The second-order valence-electron chi connectivity index (χ2n) is 7.30. The Kier molecular flexibility index (Phi) is 5.68. The van der Waals surface area contributed by atoms with Crippen molar-refractivity contribution in [1.29, 1.82) is 0 Å². The van der Waals surface area contributed by atoms with Gasteiger partial charge in [0.15, 0.2) is 0 Å². The van der Waals surface area contributed by atoms with E-state index in [9.17, 15) is 4.79 Å². The maximum atomic E-state index is 12.1. The molecule has 2 rings (SSSR count). The third kappa shape index (κ3) is 4.73. The van der Waals surface area contributed by atoms with E-state index in [1.807, 2.05) is 12.2 Å². The van der Waals surface area contributed by atoms with E-state index in [0.717, 1.165) is 13.0 Å². The predicted octanol–water partition coefficient (Wildman–Crippen LogP) is 2.83. The van der Waals surface area contributed by atoms with Crippen molar-refractivity contribution in [2.75, 3.05) is 13.2 Å². The zero-order chi connectivity index (χ0) is 15.3. The van der Waals surface area contributed by atoms with Crippen molar-refractivity contribution >= 4 is 6.03 Å². The number of urea groups is 1. The fourth-order valence-corrected chi connectivity index (χ4v) is 3.95. The van der Waals surface area contributed by atoms with Crippen LogP contribution in [0.4, 0.5) is 4.79 Å². The van der Waals surface area contributed by atoms with Crippen molar-refractivity contribution in [1.82, 2.24) is 10.6 Å². The Hall–Kier alpha value is -1.03. The number of aliphatic hydroxyl groups is 1. The third-order valence-electron chi connectivity index (χ3n) is 4.85. The van der Waals surface area contributed by atoms with E-state index in [4.69, 9.17) is 5.11 Å². The first-order valence-corrected chi connectivity index (χ1v) is 8.36. The van der Waals surface area contributed by atoms with Crippen molar-refractivity contribution in [3.05, 3.63) is 12.2 Å². The number of hydrogen-bond donors (Lipinski definition) is 3. The standard InChI is InChI=1S/C17H30N2O2/c1-13(2)10-17(7-3-4-8-17)12-18-16(21)19-15-6-5-14(9-15)11-20/h5-6,13-15,20H,3-4,7-12H2,1-2H3,(H2,18,19,21)/t14-,15+/m0/s1. The minimum Gasteiger partial charge on any atom is -0.396 e. The molecule has 1 fully saturated rings. The van der Waals surface area contributed by atoms with Gasteiger partial charge in [-0.2, -0.15) is 0 Å². The molecule has 2 aliphatic carbocycles. The topological polar surface area (TPSA) is 61.4 Å². The molecule has 2 aliphatic rings. The molecular weight excluding hydrogens is 264 g/mol. The first-order chi connectivity index (χ1) is 10.0. The summed E-state index contributed by atoms with van der Waals surface area (Å²) in [5.74, 6) is 0.869. The summed E-state index contributed by atoms with van der Waals surface area (Å²) in [6.45, 7) is 5.47. The molecule has 4 heteroatoms. The molecule has 0 spiro atoms. The number of carbonyl (C=O) groups excluding carboxylic acids is 1. The van der Waals surface area contributed by atoms with Gasteiger partial charge in [0.1, 0.15) is 0 Å². The van der Waals surface area contributed by atoms with E-state index >= 15 is 0 Å². The molecule has 0 aliphatic heterocycles. The molecule has 0 bridgehead atoms. The lowest BCUT2D eigenvalue weighted by molar-refractivity contribution is 0.206. The Labute approximate surface area is 128 Å². The molecule has 2 amide bonds. The minimum atomic E-state index is -0.0710. The summed E-state index contributed by atoms with van der Waals surface area (Å²) < 4.78 is 0. The van der Waals surface area contributed by atoms with E-state index in [0.29, 0.717) is 11.3 Å². The highest BCUT2D eigenvalue weighted by molar-refractivity contribution is 5.74. The summed E-state index contributed by atoms with van der Waals surface area (Å²) in [7, 11) is 0. The van der Waals surface area contributed by atoms with E-state index in [2.05, 4.69) is 24.5 Å². The molecule has 0 aromatic heterocycles. The molecule has 0 unspecified atom stereocenters. The highest BCUT2D eigenvalue weighted by Gasteiger charge is 2.34. The van der Waals surface area contributed by atoms with Crippen LogP contribution in [0.3, 0.4) is 0 Å². The number of nitrogens with one attached hydrogen (secondary N) is 2. The Morgan fingerprint density at radius 2 is 2.05 bits per heavy atom. The van der Waals surface area contributed by atoms with Gasteiger partial charge in [-0.15, -0.1) is 0 Å². The van der Waals surface area contributed by atoms with Crippen LogP contribution in [0.25, 0.3) is 0 Å². The summed E-state index contributed by atoms with van der Waals surface area (Å²) in [5, 5.41) is 15.2. The van der Waals surface area contributed by atoms with Crippen LogP contribution in [0.1, 0.15) is 52.4 Å². The zero-order valence-corrected chi connectivity index (χ0v) is 13.4. The van der Waals surface area contributed by atoms with Crippen molar-refractivity contribution in [3.63, 3.8) is 0 Å². The van der Waals surface area contributed by atoms with E-state index in [1.54, 1.807) is 0 Å². The second-order valence-corrected chi connectivity index (χ2v) is 7.30. The summed E-state index contributed by atoms with van der Waals surface area (Å²) in [6.07, 6.45) is 11.0. The average Bonchev–Trinajstić information content (AvgIpc) is 3.06. The summed E-state index contributed by atoms with van der Waals surface area (Å²) >= 11 is 0. The van der Waals surface area contributed by atoms with Gasteiger partial charge < -0.3 is 15.7 Å².